The molecule has 3 nitrogen and oxygen atoms in total. The fourth-order valence-corrected chi connectivity index (χ4v) is 4.62. The van der Waals surface area contributed by atoms with Crippen LogP contribution in [0.1, 0.15) is 57.4 Å². The summed E-state index contributed by atoms with van der Waals surface area (Å²) in [6.07, 6.45) is -10.3. The molecule has 2 atom stereocenters. The Balaban J connectivity index is 1.98. The second-order valence-corrected chi connectivity index (χ2v) is 9.42. The number of nitrogens with zero attached hydrogens (tertiary/aromatic N) is 1. The zero-order valence-electron chi connectivity index (χ0n) is 19.7. The Bertz CT molecular complexity index is 953. The number of rotatable bonds is 8. The zero-order valence-corrected chi connectivity index (χ0v) is 19.7. The third-order valence-corrected chi connectivity index (χ3v) is 6.42. The van der Waals surface area contributed by atoms with E-state index in [0.29, 0.717) is 23.5 Å². The third-order valence-electron chi connectivity index (χ3n) is 6.42. The van der Waals surface area contributed by atoms with Gasteiger partial charge in [0.05, 0.1) is 6.54 Å². The largest absolute Gasteiger partial charge is 0.457 e. The molecule has 1 aliphatic rings. The average molecular weight is 504 g/mol. The summed E-state index contributed by atoms with van der Waals surface area (Å²) in [4.78, 5) is 0.658. The molecule has 2 unspecified atom stereocenters. The van der Waals surface area contributed by atoms with Crippen LogP contribution in [0.15, 0.2) is 48.5 Å². The van der Waals surface area contributed by atoms with Crippen molar-refractivity contribution in [1.82, 2.24) is 0 Å². The van der Waals surface area contributed by atoms with E-state index in [0.717, 1.165) is 12.0 Å². The molecule has 0 aliphatic heterocycles. The van der Waals surface area contributed by atoms with Crippen molar-refractivity contribution in [2.75, 3.05) is 11.4 Å². The topological polar surface area (TPSA) is 32.7 Å². The van der Waals surface area contributed by atoms with E-state index in [1.807, 2.05) is 26.0 Å². The number of aliphatic hydroxyl groups excluding tert-OH is 1. The van der Waals surface area contributed by atoms with E-state index in [1.54, 1.807) is 12.1 Å². The first-order valence-electron chi connectivity index (χ1n) is 11.8. The van der Waals surface area contributed by atoms with Crippen molar-refractivity contribution in [3.63, 3.8) is 0 Å². The quantitative estimate of drug-likeness (QED) is 0.373. The highest BCUT2D eigenvalue weighted by molar-refractivity contribution is 5.53. The molecule has 0 heterocycles. The average Bonchev–Trinajstić information content (AvgIpc) is 2.78. The SMILES string of the molecule is CC(C)c1cccc(Oc2cccc(N(CC(O)C(F)(F)F)C(C3CCCCC3)C(F)(F)F)c2)c1. The van der Waals surface area contributed by atoms with Gasteiger partial charge in [-0.25, -0.2) is 0 Å². The first-order chi connectivity index (χ1) is 16.4. The summed E-state index contributed by atoms with van der Waals surface area (Å²) >= 11 is 0. The predicted molar refractivity (Wildman–Crippen MR) is 123 cm³/mol. The molecule has 0 amide bonds. The van der Waals surface area contributed by atoms with Crippen LogP contribution in [0.4, 0.5) is 32.0 Å². The minimum Gasteiger partial charge on any atom is -0.457 e. The van der Waals surface area contributed by atoms with Crippen LogP contribution < -0.4 is 9.64 Å². The molecule has 0 spiro atoms. The zero-order chi connectivity index (χ0) is 25.8. The Morgan fingerprint density at radius 2 is 1.49 bits per heavy atom. The summed E-state index contributed by atoms with van der Waals surface area (Å²) in [7, 11) is 0. The number of ether oxygens (including phenoxy) is 1. The smallest absolute Gasteiger partial charge is 0.416 e. The lowest BCUT2D eigenvalue weighted by atomic mass is 9.82. The number of alkyl halides is 6. The van der Waals surface area contributed by atoms with E-state index in [2.05, 4.69) is 0 Å². The minimum absolute atomic E-state index is 0.0845. The fourth-order valence-electron chi connectivity index (χ4n) is 4.62. The van der Waals surface area contributed by atoms with Crippen molar-refractivity contribution in [2.24, 2.45) is 5.92 Å². The Morgan fingerprint density at radius 1 is 0.886 bits per heavy atom. The molecule has 35 heavy (non-hydrogen) atoms. The summed E-state index contributed by atoms with van der Waals surface area (Å²) in [5, 5.41) is 9.75. The molecule has 194 valence electrons. The number of halogens is 6. The standard InChI is InChI=1S/C26H31F6NO2/c1-17(2)19-10-6-12-21(14-19)35-22-13-7-11-20(15-22)33(16-23(34)25(27,28)29)24(26(30,31)32)18-8-4-3-5-9-18/h6-7,10-15,17-18,23-24,34H,3-5,8-9,16H2,1-2H3. The van der Waals surface area contributed by atoms with Crippen molar-refractivity contribution in [3.8, 4) is 11.5 Å². The second-order valence-electron chi connectivity index (χ2n) is 9.42. The highest BCUT2D eigenvalue weighted by Crippen LogP contribution is 2.41. The lowest BCUT2D eigenvalue weighted by Gasteiger charge is -2.42. The van der Waals surface area contributed by atoms with Crippen molar-refractivity contribution >= 4 is 5.69 Å². The maximum absolute atomic E-state index is 14.3. The number of aliphatic hydroxyl groups is 1. The highest BCUT2D eigenvalue weighted by Gasteiger charge is 2.50. The van der Waals surface area contributed by atoms with Gasteiger partial charge in [0.1, 0.15) is 17.5 Å². The van der Waals surface area contributed by atoms with Gasteiger partial charge >= 0.3 is 12.4 Å². The molecule has 1 saturated carbocycles. The molecular formula is C26H31F6NO2. The predicted octanol–water partition coefficient (Wildman–Crippen LogP) is 7.84. The van der Waals surface area contributed by atoms with Crippen molar-refractivity contribution in [3.05, 3.63) is 54.1 Å². The highest BCUT2D eigenvalue weighted by atomic mass is 19.4. The Labute approximate surface area is 201 Å². The van der Waals surface area contributed by atoms with Gasteiger partial charge in [-0.2, -0.15) is 26.3 Å². The Morgan fingerprint density at radius 3 is 2.06 bits per heavy atom. The molecule has 1 N–H and O–H groups in total. The van der Waals surface area contributed by atoms with E-state index < -0.39 is 37.0 Å². The number of anilines is 1. The van der Waals surface area contributed by atoms with E-state index in [4.69, 9.17) is 4.74 Å². The maximum Gasteiger partial charge on any atom is 0.416 e. The van der Waals surface area contributed by atoms with Crippen LogP contribution in [0.25, 0.3) is 0 Å². The Hall–Kier alpha value is -2.42. The molecule has 9 heteroatoms. The van der Waals surface area contributed by atoms with Gasteiger partial charge in [-0.15, -0.1) is 0 Å². The van der Waals surface area contributed by atoms with Crippen LogP contribution in [0.2, 0.25) is 0 Å². The fraction of sp³-hybridized carbons (Fsp3) is 0.538. The number of hydrogen-bond acceptors (Lipinski definition) is 3. The van der Waals surface area contributed by atoms with Gasteiger partial charge in [0, 0.05) is 11.8 Å². The van der Waals surface area contributed by atoms with Gasteiger partial charge in [-0.05, 0) is 54.5 Å². The van der Waals surface area contributed by atoms with Gasteiger partial charge in [-0.3, -0.25) is 0 Å². The number of benzene rings is 2. The summed E-state index contributed by atoms with van der Waals surface area (Å²) in [5.74, 6) is 0.0260. The molecule has 0 aromatic heterocycles. The molecule has 1 aliphatic carbocycles. The molecule has 2 aromatic rings. The molecular weight excluding hydrogens is 472 g/mol. The van der Waals surface area contributed by atoms with Crippen LogP contribution >= 0.6 is 0 Å². The van der Waals surface area contributed by atoms with Crippen molar-refractivity contribution < 1.29 is 36.2 Å². The molecule has 0 radical (unpaired) electrons. The summed E-state index contributed by atoms with van der Waals surface area (Å²) < 4.78 is 88.5. The minimum atomic E-state index is -5.05. The van der Waals surface area contributed by atoms with Gasteiger partial charge < -0.3 is 14.7 Å². The molecule has 1 fully saturated rings. The summed E-state index contributed by atoms with van der Waals surface area (Å²) in [6.45, 7) is 2.79. The van der Waals surface area contributed by atoms with Crippen LogP contribution in [0, 0.1) is 5.92 Å². The van der Waals surface area contributed by atoms with Gasteiger partial charge in [0.15, 0.2) is 6.10 Å². The summed E-state index contributed by atoms with van der Waals surface area (Å²) in [5.41, 5.74) is 0.918. The maximum atomic E-state index is 14.3. The molecule has 0 saturated heterocycles. The third kappa shape index (κ3) is 7.29. The summed E-state index contributed by atoms with van der Waals surface area (Å²) in [6, 6.07) is 10.7. The van der Waals surface area contributed by atoms with E-state index in [1.165, 1.54) is 24.3 Å². The van der Waals surface area contributed by atoms with E-state index in [9.17, 15) is 31.4 Å². The molecule has 2 aromatic carbocycles. The normalized spacial score (nSPS) is 17.3. The number of hydrogen-bond donors (Lipinski definition) is 1. The molecule has 3 rings (SSSR count). The first kappa shape index (κ1) is 27.2. The lowest BCUT2D eigenvalue weighted by molar-refractivity contribution is -0.204. The monoisotopic (exact) mass is 503 g/mol. The van der Waals surface area contributed by atoms with Gasteiger partial charge in [0.25, 0.3) is 0 Å². The first-order valence-corrected chi connectivity index (χ1v) is 11.8. The Kier molecular flexibility index (Phi) is 8.62. The van der Waals surface area contributed by atoms with Crippen molar-refractivity contribution in [2.45, 2.75) is 76.4 Å². The van der Waals surface area contributed by atoms with Crippen molar-refractivity contribution in [1.29, 1.82) is 0 Å². The van der Waals surface area contributed by atoms with Crippen LogP contribution in [-0.4, -0.2) is 36.1 Å². The van der Waals surface area contributed by atoms with Crippen LogP contribution in [0.3, 0.4) is 0 Å². The van der Waals surface area contributed by atoms with Gasteiger partial charge in [-0.1, -0.05) is 51.3 Å². The van der Waals surface area contributed by atoms with E-state index in [-0.39, 0.29) is 30.2 Å². The van der Waals surface area contributed by atoms with Crippen LogP contribution in [0.5, 0.6) is 11.5 Å². The second kappa shape index (κ2) is 11.1. The van der Waals surface area contributed by atoms with Gasteiger partial charge in [0.2, 0.25) is 0 Å². The lowest BCUT2D eigenvalue weighted by Crippen LogP contribution is -2.55. The van der Waals surface area contributed by atoms with Crippen LogP contribution in [-0.2, 0) is 0 Å². The molecule has 0 bridgehead atoms. The van der Waals surface area contributed by atoms with E-state index >= 15 is 0 Å².